The van der Waals surface area contributed by atoms with Crippen molar-refractivity contribution < 1.29 is 15.0 Å². The molecule has 1 unspecified atom stereocenters. The molecule has 2 aliphatic heterocycles. The molecule has 4 heteroatoms. The molecule has 2 rings (SSSR count). The fourth-order valence-electron chi connectivity index (χ4n) is 4.09. The zero-order chi connectivity index (χ0) is 18.1. The van der Waals surface area contributed by atoms with Crippen molar-refractivity contribution in [1.29, 1.82) is 0 Å². The first-order valence-electron chi connectivity index (χ1n) is 10.0. The van der Waals surface area contributed by atoms with Crippen LogP contribution < -0.4 is 0 Å². The van der Waals surface area contributed by atoms with E-state index in [1.165, 1.54) is 25.7 Å². The lowest BCUT2D eigenvalue weighted by atomic mass is 9.77. The van der Waals surface area contributed by atoms with Crippen LogP contribution in [0.3, 0.4) is 0 Å². The lowest BCUT2D eigenvalue weighted by Crippen LogP contribution is -2.25. The standard InChI is InChI=1S/C21H34O3S/c1-2-3-6-9-16(22)12-13-18-17(19-14-15-20(18)25-19)10-7-4-5-8-11-21(23)24/h4,7,12-13,16-20,22H,2-3,5-6,8-11,14-15H2,1H3,(H,23,24)/t16?,17-,18+,19-,20+/m0/s1. The third kappa shape index (κ3) is 6.82. The molecule has 3 nitrogen and oxygen atoms in total. The summed E-state index contributed by atoms with van der Waals surface area (Å²) in [6.45, 7) is 2.19. The Morgan fingerprint density at radius 1 is 1.20 bits per heavy atom. The van der Waals surface area contributed by atoms with Crippen LogP contribution in [0.4, 0.5) is 0 Å². The second-order valence-electron chi connectivity index (χ2n) is 7.47. The Kier molecular flexibility index (Phi) is 9.11. The quantitative estimate of drug-likeness (QED) is 0.368. The monoisotopic (exact) mass is 366 g/mol. The highest BCUT2D eigenvalue weighted by atomic mass is 32.2. The Bertz CT molecular complexity index is 460. The van der Waals surface area contributed by atoms with E-state index >= 15 is 0 Å². The largest absolute Gasteiger partial charge is 0.481 e. The van der Waals surface area contributed by atoms with Gasteiger partial charge in [0, 0.05) is 16.9 Å². The molecule has 5 atom stereocenters. The number of carboxylic acids is 1. The summed E-state index contributed by atoms with van der Waals surface area (Å²) < 4.78 is 0. The van der Waals surface area contributed by atoms with Gasteiger partial charge in [-0.05, 0) is 50.4 Å². The first kappa shape index (κ1) is 20.6. The van der Waals surface area contributed by atoms with E-state index in [9.17, 15) is 9.90 Å². The molecule has 2 saturated heterocycles. The minimum Gasteiger partial charge on any atom is -0.481 e. The van der Waals surface area contributed by atoms with Gasteiger partial charge >= 0.3 is 5.97 Å². The van der Waals surface area contributed by atoms with Crippen molar-refractivity contribution in [1.82, 2.24) is 0 Å². The molecule has 2 N–H and O–H groups in total. The molecule has 0 aromatic rings. The summed E-state index contributed by atoms with van der Waals surface area (Å²) >= 11 is 2.15. The summed E-state index contributed by atoms with van der Waals surface area (Å²) in [5, 5.41) is 20.3. The lowest BCUT2D eigenvalue weighted by molar-refractivity contribution is -0.137. The molecule has 2 fully saturated rings. The highest BCUT2D eigenvalue weighted by Gasteiger charge is 2.46. The van der Waals surface area contributed by atoms with Crippen LogP contribution in [0.25, 0.3) is 0 Å². The number of aliphatic hydroxyl groups excluding tert-OH is 1. The number of aliphatic carboxylic acids is 1. The van der Waals surface area contributed by atoms with Crippen molar-refractivity contribution in [2.24, 2.45) is 11.8 Å². The number of allylic oxidation sites excluding steroid dienone is 3. The second-order valence-corrected chi connectivity index (χ2v) is 8.96. The van der Waals surface area contributed by atoms with Crippen LogP contribution in [0.5, 0.6) is 0 Å². The van der Waals surface area contributed by atoms with E-state index in [0.29, 0.717) is 11.8 Å². The van der Waals surface area contributed by atoms with Gasteiger partial charge in [0.05, 0.1) is 6.10 Å². The van der Waals surface area contributed by atoms with Crippen LogP contribution >= 0.6 is 11.8 Å². The van der Waals surface area contributed by atoms with Gasteiger partial charge in [-0.2, -0.15) is 11.8 Å². The maximum absolute atomic E-state index is 10.5. The number of rotatable bonds is 12. The van der Waals surface area contributed by atoms with Crippen molar-refractivity contribution in [3.05, 3.63) is 24.3 Å². The van der Waals surface area contributed by atoms with E-state index in [1.54, 1.807) is 0 Å². The Hall–Kier alpha value is -0.740. The van der Waals surface area contributed by atoms with E-state index in [1.807, 2.05) is 6.08 Å². The summed E-state index contributed by atoms with van der Waals surface area (Å²) in [6.07, 6.45) is 18.4. The molecule has 25 heavy (non-hydrogen) atoms. The molecule has 0 amide bonds. The molecule has 0 aromatic carbocycles. The number of aliphatic hydroxyl groups is 1. The van der Waals surface area contributed by atoms with Crippen LogP contribution in [0.15, 0.2) is 24.3 Å². The van der Waals surface area contributed by atoms with Gasteiger partial charge in [-0.15, -0.1) is 0 Å². The van der Waals surface area contributed by atoms with Gasteiger partial charge in [0.2, 0.25) is 0 Å². The topological polar surface area (TPSA) is 57.5 Å². The third-order valence-corrected chi connectivity index (χ3v) is 7.32. The van der Waals surface area contributed by atoms with Crippen molar-refractivity contribution in [2.75, 3.05) is 0 Å². The molecule has 2 heterocycles. The van der Waals surface area contributed by atoms with Crippen molar-refractivity contribution >= 4 is 17.7 Å². The number of hydrogen-bond donors (Lipinski definition) is 2. The summed E-state index contributed by atoms with van der Waals surface area (Å²) in [5.74, 6) is 0.562. The van der Waals surface area contributed by atoms with E-state index in [0.717, 1.165) is 42.6 Å². The number of carboxylic acid groups (broad SMARTS) is 1. The molecule has 2 aliphatic rings. The van der Waals surface area contributed by atoms with Gasteiger partial charge in [-0.25, -0.2) is 0 Å². The van der Waals surface area contributed by atoms with Gasteiger partial charge in [-0.3, -0.25) is 4.79 Å². The molecule has 0 aromatic heterocycles. The minimum atomic E-state index is -0.708. The predicted octanol–water partition coefficient (Wildman–Crippen LogP) is 5.20. The average Bonchev–Trinajstić information content (AvgIpc) is 3.17. The summed E-state index contributed by atoms with van der Waals surface area (Å²) in [4.78, 5) is 10.5. The van der Waals surface area contributed by atoms with Crippen LogP contribution in [-0.2, 0) is 4.79 Å². The minimum absolute atomic E-state index is 0.260. The normalized spacial score (nSPS) is 29.8. The maximum atomic E-state index is 10.5. The highest BCUT2D eigenvalue weighted by molar-refractivity contribution is 8.01. The number of thioether (sulfide) groups is 1. The van der Waals surface area contributed by atoms with Crippen molar-refractivity contribution in [3.8, 4) is 0 Å². The third-order valence-electron chi connectivity index (χ3n) is 5.48. The zero-order valence-electron chi connectivity index (χ0n) is 15.5. The fourth-order valence-corrected chi connectivity index (χ4v) is 6.05. The van der Waals surface area contributed by atoms with E-state index in [2.05, 4.69) is 36.9 Å². The van der Waals surface area contributed by atoms with Gasteiger partial charge in [-0.1, -0.05) is 50.5 Å². The number of carbonyl (C=O) groups is 1. The van der Waals surface area contributed by atoms with Crippen LogP contribution in [0.1, 0.15) is 71.1 Å². The van der Waals surface area contributed by atoms with Crippen LogP contribution in [0.2, 0.25) is 0 Å². The number of unbranched alkanes of at least 4 members (excludes halogenated alkanes) is 3. The zero-order valence-corrected chi connectivity index (χ0v) is 16.3. The first-order chi connectivity index (χ1) is 12.1. The van der Waals surface area contributed by atoms with Crippen molar-refractivity contribution in [3.63, 3.8) is 0 Å². The fraction of sp³-hybridized carbons (Fsp3) is 0.762. The van der Waals surface area contributed by atoms with Crippen LogP contribution in [-0.4, -0.2) is 32.8 Å². The van der Waals surface area contributed by atoms with Gasteiger partial charge in [0.15, 0.2) is 0 Å². The van der Waals surface area contributed by atoms with E-state index in [-0.39, 0.29) is 12.5 Å². The van der Waals surface area contributed by atoms with Crippen molar-refractivity contribution in [2.45, 2.75) is 87.7 Å². The number of fused-ring (bicyclic) bond motifs is 2. The maximum Gasteiger partial charge on any atom is 0.303 e. The number of hydrogen-bond acceptors (Lipinski definition) is 3. The average molecular weight is 367 g/mol. The molecule has 0 radical (unpaired) electrons. The summed E-state index contributed by atoms with van der Waals surface area (Å²) in [7, 11) is 0. The summed E-state index contributed by atoms with van der Waals surface area (Å²) in [5.41, 5.74) is 0. The predicted molar refractivity (Wildman–Crippen MR) is 106 cm³/mol. The van der Waals surface area contributed by atoms with E-state index in [4.69, 9.17) is 5.11 Å². The molecule has 0 spiro atoms. The lowest BCUT2D eigenvalue weighted by Gasteiger charge is -2.27. The Morgan fingerprint density at radius 3 is 2.76 bits per heavy atom. The Balaban J connectivity index is 1.78. The van der Waals surface area contributed by atoms with Gasteiger partial charge < -0.3 is 10.2 Å². The second kappa shape index (κ2) is 11.1. The van der Waals surface area contributed by atoms with Gasteiger partial charge in [0.1, 0.15) is 0 Å². The molecule has 0 saturated carbocycles. The smallest absolute Gasteiger partial charge is 0.303 e. The Labute approximate surface area is 157 Å². The Morgan fingerprint density at radius 2 is 2.00 bits per heavy atom. The van der Waals surface area contributed by atoms with E-state index < -0.39 is 5.97 Å². The molecular formula is C21H34O3S. The summed E-state index contributed by atoms with van der Waals surface area (Å²) in [6, 6.07) is 0. The highest BCUT2D eigenvalue weighted by Crippen LogP contribution is 2.54. The first-order valence-corrected chi connectivity index (χ1v) is 10.9. The molecule has 0 aliphatic carbocycles. The molecule has 142 valence electrons. The van der Waals surface area contributed by atoms with Crippen LogP contribution in [0, 0.1) is 11.8 Å². The SMILES string of the molecule is CCCCCC(O)C=C[C@@H]1[C@H](CC=CCCCC(=O)O)[C@@H]2CC[C@H]1S2. The van der Waals surface area contributed by atoms with Gasteiger partial charge in [0.25, 0.3) is 0 Å². The molecule has 2 bridgehead atoms. The molecular weight excluding hydrogens is 332 g/mol.